The number of rotatable bonds is 3. The Labute approximate surface area is 114 Å². The quantitative estimate of drug-likeness (QED) is 0.945. The lowest BCUT2D eigenvalue weighted by Crippen LogP contribution is -2.14. The zero-order valence-electron chi connectivity index (χ0n) is 9.98. The number of hydrogen-bond donors (Lipinski definition) is 1. The van der Waals surface area contributed by atoms with Crippen molar-refractivity contribution in [3.05, 3.63) is 58.3 Å². The summed E-state index contributed by atoms with van der Waals surface area (Å²) >= 11 is 3.42. The number of nitrogens with zero attached hydrogens (tertiary/aromatic N) is 1. The number of aryl methyl sites for hydroxylation is 1. The molecular formula is C14H13BrN2O. The predicted octanol–water partition coefficient (Wildman–Crippen LogP) is 3.33. The van der Waals surface area contributed by atoms with Crippen molar-refractivity contribution in [1.29, 1.82) is 0 Å². The van der Waals surface area contributed by atoms with Gasteiger partial charge in [0.15, 0.2) is 0 Å². The molecule has 0 fully saturated rings. The lowest BCUT2D eigenvalue weighted by atomic mass is 10.2. The van der Waals surface area contributed by atoms with Gasteiger partial charge in [-0.15, -0.1) is 0 Å². The highest BCUT2D eigenvalue weighted by Crippen LogP contribution is 2.23. The molecule has 1 aromatic heterocycles. The van der Waals surface area contributed by atoms with Gasteiger partial charge in [0.05, 0.1) is 12.1 Å². The Bertz CT molecular complexity index is 555. The van der Waals surface area contributed by atoms with E-state index in [1.807, 2.05) is 37.3 Å². The summed E-state index contributed by atoms with van der Waals surface area (Å²) in [4.78, 5) is 15.9. The van der Waals surface area contributed by atoms with Gasteiger partial charge in [-0.05, 0) is 52.2 Å². The Hall–Kier alpha value is -1.68. The number of carbonyl (C=O) groups is 1. The molecule has 0 saturated heterocycles. The molecule has 0 aliphatic carbocycles. The summed E-state index contributed by atoms with van der Waals surface area (Å²) in [6.07, 6.45) is 3.72. The van der Waals surface area contributed by atoms with E-state index in [-0.39, 0.29) is 5.91 Å². The third-order valence-electron chi connectivity index (χ3n) is 2.48. The van der Waals surface area contributed by atoms with Gasteiger partial charge in [-0.3, -0.25) is 9.78 Å². The molecular weight excluding hydrogens is 292 g/mol. The predicted molar refractivity (Wildman–Crippen MR) is 75.4 cm³/mol. The molecule has 2 aromatic rings. The first-order chi connectivity index (χ1) is 8.65. The first-order valence-corrected chi connectivity index (χ1v) is 6.39. The van der Waals surface area contributed by atoms with Gasteiger partial charge in [0.25, 0.3) is 0 Å². The molecule has 0 radical (unpaired) electrons. The third-order valence-corrected chi connectivity index (χ3v) is 3.17. The minimum Gasteiger partial charge on any atom is -0.325 e. The van der Waals surface area contributed by atoms with Gasteiger partial charge in [0.2, 0.25) is 5.91 Å². The lowest BCUT2D eigenvalue weighted by molar-refractivity contribution is -0.115. The second-order valence-corrected chi connectivity index (χ2v) is 4.92. The van der Waals surface area contributed by atoms with E-state index in [1.165, 1.54) is 0 Å². The second kappa shape index (κ2) is 5.78. The molecule has 18 heavy (non-hydrogen) atoms. The maximum absolute atomic E-state index is 11.9. The van der Waals surface area contributed by atoms with Crippen molar-refractivity contribution in [2.45, 2.75) is 13.3 Å². The second-order valence-electron chi connectivity index (χ2n) is 4.07. The number of benzene rings is 1. The Morgan fingerprint density at radius 1 is 1.39 bits per heavy atom. The Kier molecular flexibility index (Phi) is 4.10. The topological polar surface area (TPSA) is 42.0 Å². The van der Waals surface area contributed by atoms with Crippen molar-refractivity contribution >= 4 is 27.5 Å². The summed E-state index contributed by atoms with van der Waals surface area (Å²) in [6.45, 7) is 1.99. The molecule has 92 valence electrons. The minimum atomic E-state index is -0.0469. The highest BCUT2D eigenvalue weighted by molar-refractivity contribution is 9.10. The number of nitrogens with one attached hydrogen (secondary N) is 1. The van der Waals surface area contributed by atoms with E-state index >= 15 is 0 Å². The van der Waals surface area contributed by atoms with E-state index in [4.69, 9.17) is 0 Å². The number of anilines is 1. The molecule has 4 heteroatoms. The molecule has 1 aromatic carbocycles. The normalized spacial score (nSPS) is 10.1. The van der Waals surface area contributed by atoms with E-state index in [0.717, 1.165) is 21.3 Å². The summed E-state index contributed by atoms with van der Waals surface area (Å²) < 4.78 is 0.882. The van der Waals surface area contributed by atoms with E-state index < -0.39 is 0 Å². The van der Waals surface area contributed by atoms with E-state index in [0.29, 0.717) is 6.42 Å². The van der Waals surface area contributed by atoms with Crippen molar-refractivity contribution < 1.29 is 4.79 Å². The van der Waals surface area contributed by atoms with Crippen molar-refractivity contribution in [2.24, 2.45) is 0 Å². The van der Waals surface area contributed by atoms with Crippen molar-refractivity contribution in [3.63, 3.8) is 0 Å². The number of halogens is 1. The van der Waals surface area contributed by atoms with Crippen molar-refractivity contribution in [2.75, 3.05) is 5.32 Å². The van der Waals surface area contributed by atoms with Crippen molar-refractivity contribution in [1.82, 2.24) is 4.98 Å². The highest BCUT2D eigenvalue weighted by Gasteiger charge is 2.06. The van der Waals surface area contributed by atoms with Crippen LogP contribution in [0.4, 0.5) is 5.69 Å². The van der Waals surface area contributed by atoms with E-state index in [1.54, 1.807) is 12.4 Å². The summed E-state index contributed by atoms with van der Waals surface area (Å²) in [5.41, 5.74) is 2.80. The summed E-state index contributed by atoms with van der Waals surface area (Å²) in [6, 6.07) is 9.56. The monoisotopic (exact) mass is 304 g/mol. The SMILES string of the molecule is Cc1ccc(Br)c(NC(=O)Cc2cccnc2)c1. The Morgan fingerprint density at radius 3 is 2.94 bits per heavy atom. The minimum absolute atomic E-state index is 0.0469. The van der Waals surface area contributed by atoms with Gasteiger partial charge in [0, 0.05) is 16.9 Å². The number of aromatic nitrogens is 1. The van der Waals surface area contributed by atoms with Gasteiger partial charge in [-0.2, -0.15) is 0 Å². The van der Waals surface area contributed by atoms with Gasteiger partial charge < -0.3 is 5.32 Å². The molecule has 0 aliphatic heterocycles. The van der Waals surface area contributed by atoms with Gasteiger partial charge in [0.1, 0.15) is 0 Å². The van der Waals surface area contributed by atoms with Crippen LogP contribution in [0, 0.1) is 6.92 Å². The Morgan fingerprint density at radius 2 is 2.22 bits per heavy atom. The van der Waals surface area contributed by atoms with Gasteiger partial charge >= 0.3 is 0 Å². The first kappa shape index (κ1) is 12.8. The molecule has 1 amide bonds. The maximum atomic E-state index is 11.9. The fourth-order valence-electron chi connectivity index (χ4n) is 1.62. The largest absolute Gasteiger partial charge is 0.325 e. The van der Waals surface area contributed by atoms with Crippen LogP contribution in [-0.4, -0.2) is 10.9 Å². The molecule has 0 unspecified atom stereocenters. The van der Waals surface area contributed by atoms with Crippen LogP contribution in [0.15, 0.2) is 47.2 Å². The zero-order chi connectivity index (χ0) is 13.0. The standard InChI is InChI=1S/C14H13BrN2O/c1-10-4-5-12(15)13(7-10)17-14(18)8-11-3-2-6-16-9-11/h2-7,9H,8H2,1H3,(H,17,18). The molecule has 1 N–H and O–H groups in total. The number of amides is 1. The van der Waals surface area contributed by atoms with Gasteiger partial charge in [-0.1, -0.05) is 12.1 Å². The van der Waals surface area contributed by atoms with Crippen molar-refractivity contribution in [3.8, 4) is 0 Å². The Balaban J connectivity index is 2.05. The van der Waals surface area contributed by atoms with Crippen LogP contribution >= 0.6 is 15.9 Å². The number of pyridine rings is 1. The molecule has 0 aliphatic rings. The molecule has 0 saturated carbocycles. The highest BCUT2D eigenvalue weighted by atomic mass is 79.9. The van der Waals surface area contributed by atoms with Crippen LogP contribution in [-0.2, 0) is 11.2 Å². The van der Waals surface area contributed by atoms with E-state index in [2.05, 4.69) is 26.2 Å². The van der Waals surface area contributed by atoms with Crippen LogP contribution in [0.25, 0.3) is 0 Å². The smallest absolute Gasteiger partial charge is 0.228 e. The van der Waals surface area contributed by atoms with Crippen LogP contribution in [0.2, 0.25) is 0 Å². The molecule has 3 nitrogen and oxygen atoms in total. The number of hydrogen-bond acceptors (Lipinski definition) is 2. The lowest BCUT2D eigenvalue weighted by Gasteiger charge is -2.08. The maximum Gasteiger partial charge on any atom is 0.228 e. The zero-order valence-corrected chi connectivity index (χ0v) is 11.6. The summed E-state index contributed by atoms with van der Waals surface area (Å²) in [5, 5.41) is 2.89. The molecule has 1 heterocycles. The first-order valence-electron chi connectivity index (χ1n) is 5.60. The van der Waals surface area contributed by atoms with E-state index in [9.17, 15) is 4.79 Å². The van der Waals surface area contributed by atoms with Crippen LogP contribution < -0.4 is 5.32 Å². The molecule has 2 rings (SSSR count). The fourth-order valence-corrected chi connectivity index (χ4v) is 1.96. The summed E-state index contributed by atoms with van der Waals surface area (Å²) in [5.74, 6) is -0.0469. The fraction of sp³-hybridized carbons (Fsp3) is 0.143. The molecule has 0 atom stereocenters. The average Bonchev–Trinajstić information content (AvgIpc) is 2.35. The molecule has 0 spiro atoms. The van der Waals surface area contributed by atoms with Crippen LogP contribution in [0.5, 0.6) is 0 Å². The summed E-state index contributed by atoms with van der Waals surface area (Å²) in [7, 11) is 0. The van der Waals surface area contributed by atoms with Crippen LogP contribution in [0.1, 0.15) is 11.1 Å². The molecule has 0 bridgehead atoms. The third kappa shape index (κ3) is 3.40. The number of carbonyl (C=O) groups excluding carboxylic acids is 1. The van der Waals surface area contributed by atoms with Gasteiger partial charge in [-0.25, -0.2) is 0 Å². The average molecular weight is 305 g/mol. The van der Waals surface area contributed by atoms with Crippen LogP contribution in [0.3, 0.4) is 0 Å².